The zero-order valence-electron chi connectivity index (χ0n) is 22.7. The van der Waals surface area contributed by atoms with E-state index in [0.29, 0.717) is 24.9 Å². The molecule has 0 bridgehead atoms. The summed E-state index contributed by atoms with van der Waals surface area (Å²) in [5.41, 5.74) is 0.679. The van der Waals surface area contributed by atoms with Gasteiger partial charge >= 0.3 is 12.1 Å². The molecule has 0 saturated carbocycles. The summed E-state index contributed by atoms with van der Waals surface area (Å²) in [6.07, 6.45) is 0.523. The Bertz CT molecular complexity index is 1120. The van der Waals surface area contributed by atoms with E-state index in [9.17, 15) is 19.2 Å². The molecule has 1 saturated heterocycles. The van der Waals surface area contributed by atoms with Crippen LogP contribution in [0.4, 0.5) is 4.79 Å². The van der Waals surface area contributed by atoms with E-state index in [1.165, 1.54) is 23.8 Å². The summed E-state index contributed by atoms with van der Waals surface area (Å²) in [6.45, 7) is 7.35. The smallest absolute Gasteiger partial charge is 0.410 e. The molecular formula is C29H37N3O6. The van der Waals surface area contributed by atoms with E-state index in [-0.39, 0.29) is 12.5 Å². The van der Waals surface area contributed by atoms with Crippen LogP contribution in [0.15, 0.2) is 60.7 Å². The number of carbonyl (C=O) groups excluding carboxylic acids is 4. The highest BCUT2D eigenvalue weighted by Gasteiger charge is 2.42. The van der Waals surface area contributed by atoms with E-state index in [1.807, 2.05) is 36.4 Å². The molecule has 0 radical (unpaired) electrons. The molecule has 1 N–H and O–H groups in total. The third kappa shape index (κ3) is 7.34. The molecule has 2 aromatic rings. The minimum Gasteiger partial charge on any atom is -0.467 e. The maximum absolute atomic E-state index is 14.2. The Morgan fingerprint density at radius 2 is 1.63 bits per heavy atom. The minimum atomic E-state index is -1.06. The number of hydrogen-bond donors (Lipinski definition) is 1. The lowest BCUT2D eigenvalue weighted by Crippen LogP contribution is -2.53. The van der Waals surface area contributed by atoms with Gasteiger partial charge in [0.15, 0.2) is 0 Å². The first-order chi connectivity index (χ1) is 18.0. The van der Waals surface area contributed by atoms with Gasteiger partial charge in [-0.25, -0.2) is 9.59 Å². The van der Waals surface area contributed by atoms with Gasteiger partial charge in [0, 0.05) is 13.1 Å². The monoisotopic (exact) mass is 523 g/mol. The normalized spacial score (nSPS) is 16.8. The number of rotatable bonds is 8. The fraction of sp³-hybridized carbons (Fsp3) is 0.448. The molecule has 9 heteroatoms. The summed E-state index contributed by atoms with van der Waals surface area (Å²) in [5.74, 6) is -1.50. The van der Waals surface area contributed by atoms with Crippen LogP contribution < -0.4 is 5.32 Å². The Morgan fingerprint density at radius 1 is 1.03 bits per heavy atom. The quantitative estimate of drug-likeness (QED) is 0.527. The number of likely N-dealkylation sites (tertiary alicyclic amines) is 1. The lowest BCUT2D eigenvalue weighted by molar-refractivity contribution is -0.148. The van der Waals surface area contributed by atoms with E-state index in [0.717, 1.165) is 5.56 Å². The van der Waals surface area contributed by atoms with Crippen LogP contribution >= 0.6 is 0 Å². The third-order valence-electron chi connectivity index (χ3n) is 6.23. The first kappa shape index (κ1) is 28.7. The molecule has 1 fully saturated rings. The van der Waals surface area contributed by atoms with Crippen molar-refractivity contribution in [2.24, 2.45) is 0 Å². The molecule has 0 aliphatic carbocycles. The van der Waals surface area contributed by atoms with Crippen LogP contribution in [0.1, 0.15) is 57.7 Å². The zero-order valence-corrected chi connectivity index (χ0v) is 22.7. The SMILES string of the molecule is COC(=O)[C@H](C)NC(=O)C(c1ccccc1)N(Cc1ccccc1)C(=O)[C@@H]1CCCN1C(=O)OC(C)(C)C. The topological polar surface area (TPSA) is 105 Å². The van der Waals surface area contributed by atoms with Gasteiger partial charge < -0.3 is 19.7 Å². The highest BCUT2D eigenvalue weighted by molar-refractivity contribution is 5.94. The molecule has 3 atom stereocenters. The fourth-order valence-corrected chi connectivity index (χ4v) is 4.47. The van der Waals surface area contributed by atoms with Crippen LogP contribution in [0.3, 0.4) is 0 Å². The number of esters is 1. The number of hydrogen-bond acceptors (Lipinski definition) is 6. The molecule has 3 amide bonds. The van der Waals surface area contributed by atoms with Crippen molar-refractivity contribution in [2.75, 3.05) is 13.7 Å². The lowest BCUT2D eigenvalue weighted by Gasteiger charge is -2.36. The molecule has 9 nitrogen and oxygen atoms in total. The number of methoxy groups -OCH3 is 1. The number of benzene rings is 2. The maximum atomic E-state index is 14.2. The van der Waals surface area contributed by atoms with Crippen LogP contribution in [0.2, 0.25) is 0 Å². The van der Waals surface area contributed by atoms with Gasteiger partial charge in [-0.1, -0.05) is 60.7 Å². The second-order valence-electron chi connectivity index (χ2n) is 10.4. The van der Waals surface area contributed by atoms with Gasteiger partial charge in [0.05, 0.1) is 7.11 Å². The number of amides is 3. The summed E-state index contributed by atoms with van der Waals surface area (Å²) in [6, 6.07) is 15.5. The molecule has 3 rings (SSSR count). The van der Waals surface area contributed by atoms with Gasteiger partial charge in [-0.15, -0.1) is 0 Å². The lowest BCUT2D eigenvalue weighted by atomic mass is 10.0. The Kier molecular flexibility index (Phi) is 9.50. The summed E-state index contributed by atoms with van der Waals surface area (Å²) in [5, 5.41) is 2.69. The highest BCUT2D eigenvalue weighted by atomic mass is 16.6. The minimum absolute atomic E-state index is 0.123. The predicted octanol–water partition coefficient (Wildman–Crippen LogP) is 3.83. The molecular weight excluding hydrogens is 486 g/mol. The predicted molar refractivity (Wildman–Crippen MR) is 142 cm³/mol. The summed E-state index contributed by atoms with van der Waals surface area (Å²) >= 11 is 0. The molecule has 0 spiro atoms. The van der Waals surface area contributed by atoms with E-state index in [4.69, 9.17) is 9.47 Å². The largest absolute Gasteiger partial charge is 0.467 e. The van der Waals surface area contributed by atoms with Crippen LogP contribution in [-0.4, -0.2) is 65.0 Å². The van der Waals surface area contributed by atoms with Gasteiger partial charge in [0.1, 0.15) is 23.7 Å². The average Bonchev–Trinajstić information content (AvgIpc) is 3.38. The molecule has 1 aliphatic rings. The maximum Gasteiger partial charge on any atom is 0.410 e. The Labute approximate surface area is 224 Å². The molecule has 38 heavy (non-hydrogen) atoms. The molecule has 2 aromatic carbocycles. The van der Waals surface area contributed by atoms with E-state index in [1.54, 1.807) is 45.0 Å². The van der Waals surface area contributed by atoms with Crippen molar-refractivity contribution < 1.29 is 28.7 Å². The first-order valence-electron chi connectivity index (χ1n) is 12.8. The Morgan fingerprint density at radius 3 is 2.21 bits per heavy atom. The molecule has 0 aromatic heterocycles. The van der Waals surface area contributed by atoms with Crippen LogP contribution in [-0.2, 0) is 30.4 Å². The van der Waals surface area contributed by atoms with Gasteiger partial charge in [0.25, 0.3) is 0 Å². The van der Waals surface area contributed by atoms with E-state index >= 15 is 0 Å². The standard InChI is InChI=1S/C29H37N3O6/c1-20(27(35)37-5)30-25(33)24(22-15-10-7-11-16-22)32(19-21-13-8-6-9-14-21)26(34)23-17-12-18-31(23)28(36)38-29(2,3)4/h6-11,13-16,20,23-24H,12,17-19H2,1-5H3,(H,30,33)/t20-,23-,24?/m0/s1. The second-order valence-corrected chi connectivity index (χ2v) is 10.4. The van der Waals surface area contributed by atoms with Crippen molar-refractivity contribution in [3.05, 3.63) is 71.8 Å². The van der Waals surface area contributed by atoms with E-state index in [2.05, 4.69) is 5.32 Å². The Hall–Kier alpha value is -3.88. The highest BCUT2D eigenvalue weighted by Crippen LogP contribution is 2.29. The number of nitrogens with one attached hydrogen (secondary N) is 1. The fourth-order valence-electron chi connectivity index (χ4n) is 4.47. The van der Waals surface area contributed by atoms with Gasteiger partial charge in [-0.3, -0.25) is 14.5 Å². The van der Waals surface area contributed by atoms with Crippen LogP contribution in [0, 0.1) is 0 Å². The molecule has 204 valence electrons. The first-order valence-corrected chi connectivity index (χ1v) is 12.8. The van der Waals surface area contributed by atoms with Gasteiger partial charge in [-0.2, -0.15) is 0 Å². The number of ether oxygens (including phenoxy) is 2. The van der Waals surface area contributed by atoms with Crippen LogP contribution in [0.25, 0.3) is 0 Å². The van der Waals surface area contributed by atoms with Crippen molar-refractivity contribution in [3.8, 4) is 0 Å². The number of nitrogens with zero attached hydrogens (tertiary/aromatic N) is 2. The van der Waals surface area contributed by atoms with Crippen molar-refractivity contribution in [2.45, 2.75) is 70.8 Å². The summed E-state index contributed by atoms with van der Waals surface area (Å²) in [7, 11) is 1.25. The number of carbonyl (C=O) groups is 4. The van der Waals surface area contributed by atoms with Crippen molar-refractivity contribution >= 4 is 23.9 Å². The third-order valence-corrected chi connectivity index (χ3v) is 6.23. The van der Waals surface area contributed by atoms with Crippen molar-refractivity contribution in [3.63, 3.8) is 0 Å². The van der Waals surface area contributed by atoms with Gasteiger partial charge in [0.2, 0.25) is 11.8 Å². The second kappa shape index (κ2) is 12.6. The zero-order chi connectivity index (χ0) is 27.9. The van der Waals surface area contributed by atoms with Gasteiger partial charge in [-0.05, 0) is 51.7 Å². The average molecular weight is 524 g/mol. The van der Waals surface area contributed by atoms with E-state index < -0.39 is 41.7 Å². The van der Waals surface area contributed by atoms with Crippen molar-refractivity contribution in [1.29, 1.82) is 0 Å². The summed E-state index contributed by atoms with van der Waals surface area (Å²) in [4.78, 5) is 55.9. The molecule has 1 heterocycles. The summed E-state index contributed by atoms with van der Waals surface area (Å²) < 4.78 is 10.3. The van der Waals surface area contributed by atoms with Crippen molar-refractivity contribution in [1.82, 2.24) is 15.1 Å². The van der Waals surface area contributed by atoms with Crippen LogP contribution in [0.5, 0.6) is 0 Å². The molecule has 1 aliphatic heterocycles. The molecule has 1 unspecified atom stereocenters. The Balaban J connectivity index is 2.02.